The molecule has 1 aliphatic carbocycles. The second-order valence-corrected chi connectivity index (χ2v) is 5.81. The van der Waals surface area contributed by atoms with E-state index in [0.29, 0.717) is 18.9 Å². The van der Waals surface area contributed by atoms with Gasteiger partial charge in [-0.25, -0.2) is 0 Å². The summed E-state index contributed by atoms with van der Waals surface area (Å²) in [4.78, 5) is 12.9. The summed E-state index contributed by atoms with van der Waals surface area (Å²) in [5.41, 5.74) is 1.11. The van der Waals surface area contributed by atoms with Gasteiger partial charge in [0.05, 0.1) is 6.54 Å². The van der Waals surface area contributed by atoms with Gasteiger partial charge in [-0.15, -0.1) is 0 Å². The van der Waals surface area contributed by atoms with Crippen LogP contribution in [0.25, 0.3) is 0 Å². The minimum absolute atomic E-state index is 0.130. The molecule has 0 saturated heterocycles. The molecule has 1 saturated carbocycles. The third kappa shape index (κ3) is 3.18. The van der Waals surface area contributed by atoms with Crippen molar-refractivity contribution in [3.8, 4) is 11.5 Å². The minimum atomic E-state index is -0.754. The van der Waals surface area contributed by atoms with Crippen molar-refractivity contribution in [3.63, 3.8) is 0 Å². The van der Waals surface area contributed by atoms with Crippen molar-refractivity contribution in [2.45, 2.75) is 38.4 Å². The number of carboxylic acid groups (broad SMARTS) is 1. The average molecular weight is 306 g/mol. The molecule has 0 atom stereocenters. The summed E-state index contributed by atoms with van der Waals surface area (Å²) in [6.07, 6.45) is 1.99. The van der Waals surface area contributed by atoms with Crippen LogP contribution in [0.1, 0.15) is 25.3 Å². The fourth-order valence-corrected chi connectivity index (χ4v) is 3.11. The maximum absolute atomic E-state index is 10.8. The Kier molecular flexibility index (Phi) is 4.49. The molecule has 0 bridgehead atoms. The van der Waals surface area contributed by atoms with Gasteiger partial charge in [0, 0.05) is 24.2 Å². The van der Waals surface area contributed by atoms with Crippen LogP contribution in [0.2, 0.25) is 0 Å². The number of nitrogens with zero attached hydrogens (tertiary/aromatic N) is 1. The first-order chi connectivity index (χ1) is 10.7. The Morgan fingerprint density at radius 3 is 2.95 bits per heavy atom. The van der Waals surface area contributed by atoms with Crippen LogP contribution in [0.3, 0.4) is 0 Å². The Morgan fingerprint density at radius 2 is 2.23 bits per heavy atom. The Bertz CT molecular complexity index is 543. The number of likely N-dealkylation sites (N-methyl/N-ethyl adjacent to an activating group) is 1. The molecule has 22 heavy (non-hydrogen) atoms. The summed E-state index contributed by atoms with van der Waals surface area (Å²) in [6, 6.07) is 6.74. The Balaban J connectivity index is 1.47. The highest BCUT2D eigenvalue weighted by atomic mass is 16.7. The molecule has 120 valence electrons. The zero-order valence-corrected chi connectivity index (χ0v) is 12.7. The number of rotatable bonds is 7. The summed E-state index contributed by atoms with van der Waals surface area (Å²) >= 11 is 0. The topological polar surface area (TPSA) is 71.0 Å². The number of carbonyl (C=O) groups is 1. The van der Waals surface area contributed by atoms with Gasteiger partial charge in [-0.1, -0.05) is 19.1 Å². The number of hydrogen-bond donors (Lipinski definition) is 2. The lowest BCUT2D eigenvalue weighted by molar-refractivity contribution is -0.139. The lowest BCUT2D eigenvalue weighted by Crippen LogP contribution is -2.53. The van der Waals surface area contributed by atoms with E-state index in [-0.39, 0.29) is 6.54 Å². The van der Waals surface area contributed by atoms with E-state index < -0.39 is 5.97 Å². The van der Waals surface area contributed by atoms with Crippen LogP contribution in [-0.2, 0) is 11.3 Å². The number of para-hydroxylation sites is 1. The van der Waals surface area contributed by atoms with Crippen LogP contribution < -0.4 is 14.8 Å². The van der Waals surface area contributed by atoms with Gasteiger partial charge >= 0.3 is 5.97 Å². The fraction of sp³-hybridized carbons (Fsp3) is 0.562. The number of benzene rings is 1. The predicted molar refractivity (Wildman–Crippen MR) is 81.1 cm³/mol. The maximum Gasteiger partial charge on any atom is 0.317 e. The molecule has 3 rings (SSSR count). The van der Waals surface area contributed by atoms with Crippen LogP contribution in [0.5, 0.6) is 11.5 Å². The third-order valence-electron chi connectivity index (χ3n) is 4.43. The quantitative estimate of drug-likeness (QED) is 0.794. The highest BCUT2D eigenvalue weighted by Crippen LogP contribution is 2.35. The molecule has 1 heterocycles. The summed E-state index contributed by atoms with van der Waals surface area (Å²) in [6.45, 7) is 3.95. The van der Waals surface area contributed by atoms with Crippen LogP contribution in [0.15, 0.2) is 18.2 Å². The van der Waals surface area contributed by atoms with E-state index >= 15 is 0 Å². The predicted octanol–water partition coefficient (Wildman–Crippen LogP) is 1.44. The van der Waals surface area contributed by atoms with Gasteiger partial charge in [0.25, 0.3) is 0 Å². The number of aliphatic carboxylic acids is 1. The van der Waals surface area contributed by atoms with Gasteiger partial charge in [-0.3, -0.25) is 9.69 Å². The number of ether oxygens (including phenoxy) is 2. The molecular weight excluding hydrogens is 284 g/mol. The molecule has 1 aromatic carbocycles. The number of nitrogens with one attached hydrogen (secondary N) is 1. The lowest BCUT2D eigenvalue weighted by Gasteiger charge is -2.42. The molecule has 1 aromatic rings. The van der Waals surface area contributed by atoms with Crippen molar-refractivity contribution in [2.24, 2.45) is 0 Å². The first-order valence-corrected chi connectivity index (χ1v) is 7.74. The Hall–Kier alpha value is -1.79. The average Bonchev–Trinajstić information content (AvgIpc) is 2.93. The van der Waals surface area contributed by atoms with Gasteiger partial charge in [0.1, 0.15) is 0 Å². The second kappa shape index (κ2) is 6.54. The van der Waals surface area contributed by atoms with E-state index in [1.165, 1.54) is 0 Å². The van der Waals surface area contributed by atoms with Crippen molar-refractivity contribution < 1.29 is 19.4 Å². The molecule has 6 nitrogen and oxygen atoms in total. The summed E-state index contributed by atoms with van der Waals surface area (Å²) in [7, 11) is 0. The van der Waals surface area contributed by atoms with Gasteiger partial charge in [0.2, 0.25) is 6.79 Å². The molecule has 0 amide bonds. The molecule has 0 aromatic heterocycles. The van der Waals surface area contributed by atoms with Crippen molar-refractivity contribution >= 4 is 5.97 Å². The van der Waals surface area contributed by atoms with Crippen molar-refractivity contribution in [1.29, 1.82) is 0 Å². The van der Waals surface area contributed by atoms with Gasteiger partial charge in [-0.05, 0) is 25.5 Å². The van der Waals surface area contributed by atoms with E-state index in [9.17, 15) is 4.79 Å². The lowest BCUT2D eigenvalue weighted by atomic mass is 9.85. The van der Waals surface area contributed by atoms with Crippen LogP contribution in [0.4, 0.5) is 0 Å². The molecular formula is C16H22N2O4. The van der Waals surface area contributed by atoms with Crippen LogP contribution in [0, 0.1) is 0 Å². The molecule has 2 aliphatic rings. The summed E-state index contributed by atoms with van der Waals surface area (Å²) in [5, 5.41) is 12.4. The molecule has 0 radical (unpaired) electrons. The Morgan fingerprint density at radius 1 is 1.41 bits per heavy atom. The normalized spacial score (nSPS) is 22.6. The summed E-state index contributed by atoms with van der Waals surface area (Å²) in [5.74, 6) is 0.895. The van der Waals surface area contributed by atoms with Crippen LogP contribution >= 0.6 is 0 Å². The Labute approximate surface area is 130 Å². The fourth-order valence-electron chi connectivity index (χ4n) is 3.11. The second-order valence-electron chi connectivity index (χ2n) is 5.81. The van der Waals surface area contributed by atoms with Crippen LogP contribution in [-0.4, -0.2) is 47.9 Å². The van der Waals surface area contributed by atoms with E-state index in [1.807, 2.05) is 30.0 Å². The van der Waals surface area contributed by atoms with Gasteiger partial charge in [-0.2, -0.15) is 0 Å². The van der Waals surface area contributed by atoms with Crippen molar-refractivity contribution in [1.82, 2.24) is 10.2 Å². The zero-order valence-electron chi connectivity index (χ0n) is 12.7. The van der Waals surface area contributed by atoms with Gasteiger partial charge in [0.15, 0.2) is 11.5 Å². The highest BCUT2D eigenvalue weighted by Gasteiger charge is 2.33. The van der Waals surface area contributed by atoms with E-state index in [0.717, 1.165) is 43.0 Å². The monoisotopic (exact) mass is 306 g/mol. The smallest absolute Gasteiger partial charge is 0.317 e. The largest absolute Gasteiger partial charge is 0.480 e. The first-order valence-electron chi connectivity index (χ1n) is 7.74. The zero-order chi connectivity index (χ0) is 15.5. The van der Waals surface area contributed by atoms with E-state index in [1.54, 1.807) is 0 Å². The van der Waals surface area contributed by atoms with Crippen molar-refractivity contribution in [2.75, 3.05) is 19.9 Å². The molecule has 0 unspecified atom stereocenters. The van der Waals surface area contributed by atoms with E-state index in [4.69, 9.17) is 14.6 Å². The SMILES string of the molecule is CCN(CC(=O)O)C1CC(NCc2cccc3c2OCO3)C1. The standard InChI is InChI=1S/C16H22N2O4/c1-2-18(9-15(19)20)13-6-12(7-13)17-8-11-4-3-5-14-16(11)22-10-21-14/h3-5,12-13,17H,2,6-10H2,1H3,(H,19,20). The van der Waals surface area contributed by atoms with E-state index in [2.05, 4.69) is 5.32 Å². The molecule has 6 heteroatoms. The molecule has 0 spiro atoms. The van der Waals surface area contributed by atoms with Crippen molar-refractivity contribution in [3.05, 3.63) is 23.8 Å². The first kappa shape index (κ1) is 15.1. The third-order valence-corrected chi connectivity index (χ3v) is 4.43. The summed E-state index contributed by atoms with van der Waals surface area (Å²) < 4.78 is 10.9. The number of carboxylic acids is 1. The number of fused-ring (bicyclic) bond motifs is 1. The highest BCUT2D eigenvalue weighted by molar-refractivity contribution is 5.69. The number of hydrogen-bond acceptors (Lipinski definition) is 5. The molecule has 2 N–H and O–H groups in total. The minimum Gasteiger partial charge on any atom is -0.480 e. The van der Waals surface area contributed by atoms with Gasteiger partial charge < -0.3 is 19.9 Å². The maximum atomic E-state index is 10.8. The molecule has 1 aliphatic heterocycles. The molecule has 1 fully saturated rings.